The quantitative estimate of drug-likeness (QED) is 0.569. The Morgan fingerprint density at radius 3 is 1.59 bits per heavy atom. The number of nitrogens with one attached hydrogen (secondary N) is 1. The van der Waals surface area contributed by atoms with Crippen molar-refractivity contribution in [3.63, 3.8) is 0 Å². The van der Waals surface area contributed by atoms with Crippen molar-refractivity contribution in [3.8, 4) is 0 Å². The summed E-state index contributed by atoms with van der Waals surface area (Å²) in [6.45, 7) is 2.50. The monoisotopic (exact) mass is 340 g/mol. The van der Waals surface area contributed by atoms with Crippen LogP contribution in [0.2, 0.25) is 0 Å². The zero-order chi connectivity index (χ0) is 17.7. The highest BCUT2D eigenvalue weighted by Gasteiger charge is 2.39. The van der Waals surface area contributed by atoms with Crippen molar-refractivity contribution < 1.29 is 46.1 Å². The zero-order valence-corrected chi connectivity index (χ0v) is 11.2. The highest BCUT2D eigenvalue weighted by Crippen LogP contribution is 2.22. The molecule has 0 spiro atoms. The Morgan fingerprint density at radius 1 is 1.05 bits per heavy atom. The van der Waals surface area contributed by atoms with Gasteiger partial charge in [-0.2, -0.15) is 26.3 Å². The molecule has 130 valence electrons. The Bertz CT molecular complexity index is 374. The van der Waals surface area contributed by atoms with Crippen molar-refractivity contribution in [1.82, 2.24) is 10.2 Å². The van der Waals surface area contributed by atoms with Gasteiger partial charge in [0, 0.05) is 18.6 Å². The first-order valence-electron chi connectivity index (χ1n) is 5.80. The number of hydrogen-bond donors (Lipinski definition) is 3. The van der Waals surface area contributed by atoms with E-state index in [0.29, 0.717) is 0 Å². The molecule has 2 fully saturated rings. The number of halogens is 6. The predicted molar refractivity (Wildman–Crippen MR) is 60.2 cm³/mol. The Labute approximate surface area is 120 Å². The van der Waals surface area contributed by atoms with E-state index in [2.05, 4.69) is 17.3 Å². The van der Waals surface area contributed by atoms with Crippen LogP contribution in [0.4, 0.5) is 26.3 Å². The fourth-order valence-corrected chi connectivity index (χ4v) is 1.78. The number of alkyl halides is 6. The van der Waals surface area contributed by atoms with Crippen LogP contribution in [0.1, 0.15) is 6.42 Å². The normalized spacial score (nSPS) is 24.0. The average molecular weight is 340 g/mol. The van der Waals surface area contributed by atoms with E-state index in [9.17, 15) is 26.3 Å². The number of hydrogen-bond acceptors (Lipinski definition) is 4. The van der Waals surface area contributed by atoms with Gasteiger partial charge in [0.05, 0.1) is 0 Å². The molecule has 0 aliphatic carbocycles. The molecule has 0 amide bonds. The molecule has 0 aromatic heterocycles. The molecule has 6 nitrogen and oxygen atoms in total. The van der Waals surface area contributed by atoms with Gasteiger partial charge in [0.1, 0.15) is 0 Å². The molecule has 2 rings (SSSR count). The molecule has 0 saturated carbocycles. The molecule has 0 radical (unpaired) electrons. The van der Waals surface area contributed by atoms with Crippen molar-refractivity contribution in [2.75, 3.05) is 20.1 Å². The highest BCUT2D eigenvalue weighted by molar-refractivity contribution is 5.73. The lowest BCUT2D eigenvalue weighted by Gasteiger charge is -2.41. The van der Waals surface area contributed by atoms with Gasteiger partial charge < -0.3 is 20.4 Å². The second-order valence-corrected chi connectivity index (χ2v) is 4.46. The third-order valence-electron chi connectivity index (χ3n) is 2.85. The largest absolute Gasteiger partial charge is 0.490 e. The second kappa shape index (κ2) is 7.63. The molecule has 0 aromatic rings. The Morgan fingerprint density at radius 2 is 1.41 bits per heavy atom. The van der Waals surface area contributed by atoms with E-state index >= 15 is 0 Å². The summed E-state index contributed by atoms with van der Waals surface area (Å²) < 4.78 is 63.5. The van der Waals surface area contributed by atoms with Crippen LogP contribution in [0, 0.1) is 0 Å². The van der Waals surface area contributed by atoms with Crippen LogP contribution in [-0.4, -0.2) is 71.6 Å². The number of rotatable bonds is 0. The third-order valence-corrected chi connectivity index (χ3v) is 2.85. The maximum atomic E-state index is 10.6. The smallest absolute Gasteiger partial charge is 0.475 e. The molecular weight excluding hydrogens is 326 g/mol. The first kappa shape index (κ1) is 20.4. The predicted octanol–water partition coefficient (Wildman–Crippen LogP) is 0.929. The van der Waals surface area contributed by atoms with E-state index in [1.807, 2.05) is 0 Å². The number of carboxylic acids is 2. The highest BCUT2D eigenvalue weighted by atomic mass is 19.4. The van der Waals surface area contributed by atoms with Gasteiger partial charge in [-0.25, -0.2) is 9.59 Å². The Hall–Kier alpha value is -1.56. The SMILES string of the molecule is CN1CC2NCCC21.O=C(O)C(F)(F)F.O=C(O)C(F)(F)F. The van der Waals surface area contributed by atoms with E-state index < -0.39 is 24.3 Å². The molecule has 0 aromatic carbocycles. The Kier molecular flexibility index (Phi) is 7.09. The minimum atomic E-state index is -5.08. The van der Waals surface area contributed by atoms with Crippen LogP contribution in [-0.2, 0) is 9.59 Å². The van der Waals surface area contributed by atoms with E-state index in [1.54, 1.807) is 0 Å². The van der Waals surface area contributed by atoms with Gasteiger partial charge in [0.15, 0.2) is 0 Å². The van der Waals surface area contributed by atoms with Gasteiger partial charge in [-0.1, -0.05) is 0 Å². The number of carboxylic acid groups (broad SMARTS) is 2. The number of aliphatic carboxylic acids is 2. The first-order chi connectivity index (χ1) is 9.76. The summed E-state index contributed by atoms with van der Waals surface area (Å²) in [4.78, 5) is 20.2. The van der Waals surface area contributed by atoms with Gasteiger partial charge >= 0.3 is 24.3 Å². The lowest BCUT2D eigenvalue weighted by molar-refractivity contribution is -0.193. The van der Waals surface area contributed by atoms with Gasteiger partial charge in [-0.3, -0.25) is 0 Å². The first-order valence-corrected chi connectivity index (χ1v) is 5.80. The van der Waals surface area contributed by atoms with Crippen LogP contribution >= 0.6 is 0 Å². The van der Waals surface area contributed by atoms with Crippen molar-refractivity contribution in [2.45, 2.75) is 30.9 Å². The summed E-state index contributed by atoms with van der Waals surface area (Å²) in [6.07, 6.45) is -8.80. The van der Waals surface area contributed by atoms with E-state index in [1.165, 1.54) is 19.5 Å². The van der Waals surface area contributed by atoms with E-state index in [0.717, 1.165) is 12.1 Å². The van der Waals surface area contributed by atoms with Crippen LogP contribution in [0.3, 0.4) is 0 Å². The number of nitrogens with zero attached hydrogens (tertiary/aromatic N) is 1. The summed E-state index contributed by atoms with van der Waals surface area (Å²) in [6, 6.07) is 1.73. The maximum absolute atomic E-state index is 10.6. The Balaban J connectivity index is 0.000000303. The number of fused-ring (bicyclic) bond motifs is 1. The van der Waals surface area contributed by atoms with Gasteiger partial charge in [0.25, 0.3) is 0 Å². The van der Waals surface area contributed by atoms with Crippen LogP contribution in [0.25, 0.3) is 0 Å². The summed E-state index contributed by atoms with van der Waals surface area (Å²) in [5.74, 6) is -5.51. The minimum absolute atomic E-state index is 0.847. The topological polar surface area (TPSA) is 89.9 Å². The van der Waals surface area contributed by atoms with Crippen molar-refractivity contribution in [1.29, 1.82) is 0 Å². The molecule has 2 saturated heterocycles. The molecule has 2 atom stereocenters. The molecule has 22 heavy (non-hydrogen) atoms. The summed E-state index contributed by atoms with van der Waals surface area (Å²) in [5, 5.41) is 17.7. The fourth-order valence-electron chi connectivity index (χ4n) is 1.78. The van der Waals surface area contributed by atoms with Crippen LogP contribution < -0.4 is 5.32 Å². The van der Waals surface area contributed by atoms with E-state index in [-0.39, 0.29) is 0 Å². The van der Waals surface area contributed by atoms with Crippen molar-refractivity contribution >= 4 is 11.9 Å². The minimum Gasteiger partial charge on any atom is -0.475 e. The van der Waals surface area contributed by atoms with Gasteiger partial charge in [-0.15, -0.1) is 0 Å². The molecule has 2 aliphatic rings. The number of carbonyl (C=O) groups is 2. The fraction of sp³-hybridized carbons (Fsp3) is 0.800. The molecule has 2 unspecified atom stereocenters. The molecule has 3 N–H and O–H groups in total. The van der Waals surface area contributed by atoms with E-state index in [4.69, 9.17) is 19.8 Å². The maximum Gasteiger partial charge on any atom is 0.490 e. The van der Waals surface area contributed by atoms with Crippen LogP contribution in [0.5, 0.6) is 0 Å². The second-order valence-electron chi connectivity index (χ2n) is 4.46. The number of likely N-dealkylation sites (N-methyl/N-ethyl adjacent to an activating group) is 1. The molecule has 0 bridgehead atoms. The zero-order valence-electron chi connectivity index (χ0n) is 11.2. The molecular formula is C10H14F6N2O4. The summed E-state index contributed by atoms with van der Waals surface area (Å²) in [7, 11) is 2.20. The van der Waals surface area contributed by atoms with Gasteiger partial charge in [0.2, 0.25) is 0 Å². The third kappa shape index (κ3) is 6.93. The average Bonchev–Trinajstić information content (AvgIpc) is 2.69. The van der Waals surface area contributed by atoms with Gasteiger partial charge in [-0.05, 0) is 20.0 Å². The molecule has 2 heterocycles. The number of likely N-dealkylation sites (tertiary alicyclic amines) is 1. The van der Waals surface area contributed by atoms with Crippen molar-refractivity contribution in [2.24, 2.45) is 0 Å². The van der Waals surface area contributed by atoms with Crippen LogP contribution in [0.15, 0.2) is 0 Å². The summed E-state index contributed by atoms with van der Waals surface area (Å²) in [5.41, 5.74) is 0. The lowest BCUT2D eigenvalue weighted by atomic mass is 10.00. The van der Waals surface area contributed by atoms with Crippen molar-refractivity contribution in [3.05, 3.63) is 0 Å². The molecule has 12 heteroatoms. The lowest BCUT2D eigenvalue weighted by Crippen LogP contribution is -2.58. The molecule has 2 aliphatic heterocycles. The standard InChI is InChI=1S/C6H12N2.2C2HF3O2/c1-8-4-5-6(8)2-3-7-5;2*3-2(4,5)1(6)7/h5-7H,2-4H2,1H3;2*(H,6,7). The summed E-state index contributed by atoms with van der Waals surface area (Å²) >= 11 is 0.